The van der Waals surface area contributed by atoms with Crippen molar-refractivity contribution in [1.82, 2.24) is 0 Å². The van der Waals surface area contributed by atoms with E-state index < -0.39 is 7.26 Å². The second-order valence-electron chi connectivity index (χ2n) is 9.69. The van der Waals surface area contributed by atoms with Gasteiger partial charge in [0.2, 0.25) is 0 Å². The summed E-state index contributed by atoms with van der Waals surface area (Å²) in [7, 11) is -2.03. The van der Waals surface area contributed by atoms with Crippen molar-refractivity contribution in [2.45, 2.75) is 77.0 Å². The van der Waals surface area contributed by atoms with Gasteiger partial charge in [0, 0.05) is 5.33 Å². The molecular formula is C32H44BrP. The third-order valence-corrected chi connectivity index (χ3v) is 12.9. The Labute approximate surface area is 218 Å². The molecule has 0 bridgehead atoms. The molecule has 2 heteroatoms. The molecule has 0 spiro atoms. The summed E-state index contributed by atoms with van der Waals surface area (Å²) in [5.41, 5.74) is 0. The Bertz CT molecular complexity index is 782. The fourth-order valence-corrected chi connectivity index (χ4v) is 10.7. The average molecular weight is 540 g/mol. The van der Waals surface area contributed by atoms with E-state index in [1.54, 1.807) is 15.9 Å². The molecule has 0 nitrogen and oxygen atoms in total. The van der Waals surface area contributed by atoms with E-state index in [9.17, 15) is 0 Å². The van der Waals surface area contributed by atoms with Gasteiger partial charge in [-0.1, -0.05) is 15.9 Å². The fourth-order valence-electron chi connectivity index (χ4n) is 5.35. The van der Waals surface area contributed by atoms with Crippen LogP contribution in [0, 0.1) is 0 Å². The Balaban J connectivity index is 1.54. The molecule has 3 aromatic carbocycles. The van der Waals surface area contributed by atoms with Crippen LogP contribution in [0.3, 0.4) is 0 Å². The first-order valence-electron chi connectivity index (χ1n) is 13.6. The first-order valence-corrected chi connectivity index (χ1v) is 16.9. The van der Waals surface area contributed by atoms with Gasteiger partial charge in [0.1, 0.15) is 0 Å². The van der Waals surface area contributed by atoms with Gasteiger partial charge in [0.25, 0.3) is 0 Å². The van der Waals surface area contributed by atoms with Gasteiger partial charge < -0.3 is 0 Å². The number of hydrogen-bond donors (Lipinski definition) is 0. The molecule has 0 amide bonds. The van der Waals surface area contributed by atoms with Gasteiger partial charge in [-0.05, 0) is 6.42 Å². The first kappa shape index (κ1) is 27.2. The minimum absolute atomic E-state index is 1.17. The van der Waals surface area contributed by atoms with E-state index in [1.807, 2.05) is 0 Å². The molecule has 34 heavy (non-hydrogen) atoms. The van der Waals surface area contributed by atoms with E-state index in [2.05, 4.69) is 107 Å². The topological polar surface area (TPSA) is 0 Å². The molecule has 0 aliphatic rings. The third kappa shape index (κ3) is 8.35. The zero-order chi connectivity index (χ0) is 23.7. The number of hydrogen-bond acceptors (Lipinski definition) is 0. The van der Waals surface area contributed by atoms with Crippen LogP contribution in [0.25, 0.3) is 0 Å². The summed E-state index contributed by atoms with van der Waals surface area (Å²) in [6, 6.07) is 34.1. The summed E-state index contributed by atoms with van der Waals surface area (Å²) < 4.78 is 0. The molecule has 0 saturated carbocycles. The van der Waals surface area contributed by atoms with Gasteiger partial charge in [0.05, 0.1) is 0 Å². The predicted molar refractivity (Wildman–Crippen MR) is 161 cm³/mol. The molecule has 0 aliphatic carbocycles. The standard InChI is InChI=1S/C32H44BrP/c33-28-20-9-7-5-3-1-2-4-6-8-10-21-29-34(30-22-14-11-15-23-30,31-24-16-12-17-25-31)32-26-18-13-19-27-32/h11-19,22-27,34H,1-10,20-21,28-29H2. The maximum absolute atomic E-state index is 3.53. The van der Waals surface area contributed by atoms with Crippen LogP contribution < -0.4 is 15.9 Å². The predicted octanol–water partition coefficient (Wildman–Crippen LogP) is 8.79. The van der Waals surface area contributed by atoms with E-state index in [1.165, 1.54) is 88.5 Å². The summed E-state index contributed by atoms with van der Waals surface area (Å²) in [5, 5.41) is 5.80. The van der Waals surface area contributed by atoms with E-state index in [4.69, 9.17) is 0 Å². The fraction of sp³-hybridized carbons (Fsp3) is 0.438. The summed E-state index contributed by atoms with van der Waals surface area (Å²) in [6.45, 7) is 0. The van der Waals surface area contributed by atoms with Gasteiger partial charge in [-0.25, -0.2) is 0 Å². The van der Waals surface area contributed by atoms with Gasteiger partial charge >= 0.3 is 191 Å². The summed E-state index contributed by atoms with van der Waals surface area (Å²) in [5.74, 6) is 0. The SMILES string of the molecule is BrCCCCCCCCCCCCCC[PH](c1ccccc1)(c1ccccc1)c1ccccc1. The van der Waals surface area contributed by atoms with Crippen LogP contribution in [0.5, 0.6) is 0 Å². The molecule has 0 heterocycles. The summed E-state index contributed by atoms with van der Waals surface area (Å²) in [6.07, 6.45) is 18.0. The molecule has 0 aromatic heterocycles. The maximum atomic E-state index is 3.53. The molecule has 3 rings (SSSR count). The quantitative estimate of drug-likeness (QED) is 0.0914. The summed E-state index contributed by atoms with van der Waals surface area (Å²) in [4.78, 5) is 0. The molecule has 3 aromatic rings. The molecule has 0 radical (unpaired) electrons. The van der Waals surface area contributed by atoms with Crippen LogP contribution in [0.4, 0.5) is 0 Å². The monoisotopic (exact) mass is 538 g/mol. The minimum atomic E-state index is -2.03. The van der Waals surface area contributed by atoms with Crippen molar-refractivity contribution >= 4 is 39.1 Å². The van der Waals surface area contributed by atoms with Crippen molar-refractivity contribution in [3.05, 3.63) is 91.0 Å². The van der Waals surface area contributed by atoms with Crippen LogP contribution >= 0.6 is 23.2 Å². The first-order chi connectivity index (χ1) is 16.9. The van der Waals surface area contributed by atoms with Gasteiger partial charge in [-0.15, -0.1) is 0 Å². The normalized spacial score (nSPS) is 12.0. The van der Waals surface area contributed by atoms with Crippen LogP contribution in [-0.4, -0.2) is 11.5 Å². The van der Waals surface area contributed by atoms with Crippen molar-refractivity contribution < 1.29 is 0 Å². The van der Waals surface area contributed by atoms with Crippen molar-refractivity contribution in [2.24, 2.45) is 0 Å². The van der Waals surface area contributed by atoms with E-state index in [0.717, 1.165) is 0 Å². The molecule has 0 aliphatic heterocycles. The molecule has 0 saturated heterocycles. The molecular weight excluding hydrogens is 495 g/mol. The van der Waals surface area contributed by atoms with Crippen LogP contribution in [0.1, 0.15) is 77.0 Å². The van der Waals surface area contributed by atoms with Gasteiger partial charge in [-0.2, -0.15) is 0 Å². The van der Waals surface area contributed by atoms with Crippen molar-refractivity contribution in [2.75, 3.05) is 11.5 Å². The number of unbranched alkanes of at least 4 members (excludes halogenated alkanes) is 11. The third-order valence-electron chi connectivity index (χ3n) is 7.24. The van der Waals surface area contributed by atoms with Crippen LogP contribution in [-0.2, 0) is 0 Å². The van der Waals surface area contributed by atoms with Gasteiger partial charge in [-0.3, -0.25) is 0 Å². The summed E-state index contributed by atoms with van der Waals surface area (Å²) >= 11 is 3.53. The van der Waals surface area contributed by atoms with Crippen molar-refractivity contribution in [1.29, 1.82) is 0 Å². The average Bonchev–Trinajstić information content (AvgIpc) is 2.91. The zero-order valence-corrected chi connectivity index (χ0v) is 23.5. The Morgan fingerprint density at radius 1 is 0.382 bits per heavy atom. The van der Waals surface area contributed by atoms with E-state index in [-0.39, 0.29) is 0 Å². The second kappa shape index (κ2) is 16.3. The second-order valence-corrected chi connectivity index (χ2v) is 14.5. The van der Waals surface area contributed by atoms with E-state index in [0.29, 0.717) is 0 Å². The van der Waals surface area contributed by atoms with E-state index >= 15 is 0 Å². The molecule has 0 N–H and O–H groups in total. The molecule has 184 valence electrons. The number of benzene rings is 3. The Morgan fingerprint density at radius 2 is 0.676 bits per heavy atom. The molecule has 0 unspecified atom stereocenters. The van der Waals surface area contributed by atoms with Crippen molar-refractivity contribution in [3.8, 4) is 0 Å². The number of halogens is 1. The molecule has 0 atom stereocenters. The number of rotatable bonds is 17. The van der Waals surface area contributed by atoms with Crippen molar-refractivity contribution in [3.63, 3.8) is 0 Å². The Morgan fingerprint density at radius 3 is 1.00 bits per heavy atom. The zero-order valence-electron chi connectivity index (χ0n) is 20.9. The molecule has 0 fully saturated rings. The van der Waals surface area contributed by atoms with Crippen LogP contribution in [0.15, 0.2) is 91.0 Å². The Hall–Kier alpha value is -1.43. The van der Waals surface area contributed by atoms with Crippen LogP contribution in [0.2, 0.25) is 0 Å². The Kier molecular flexibility index (Phi) is 13.0. The number of alkyl halides is 1. The van der Waals surface area contributed by atoms with Gasteiger partial charge in [0.15, 0.2) is 0 Å².